The van der Waals surface area contributed by atoms with E-state index in [1.165, 1.54) is 10.6 Å². The number of nitrogens with one attached hydrogen (secondary N) is 1. The van der Waals surface area contributed by atoms with Crippen LogP contribution in [0.5, 0.6) is 0 Å². The fourth-order valence-corrected chi connectivity index (χ4v) is 4.33. The van der Waals surface area contributed by atoms with Gasteiger partial charge >= 0.3 is 0 Å². The van der Waals surface area contributed by atoms with Crippen LogP contribution in [0.1, 0.15) is 85.2 Å². The van der Waals surface area contributed by atoms with Crippen LogP contribution < -0.4 is 11.1 Å². The van der Waals surface area contributed by atoms with Crippen LogP contribution in [-0.4, -0.2) is 38.6 Å². The molecule has 0 aliphatic heterocycles. The molecule has 32 heavy (non-hydrogen) atoms. The first-order valence-corrected chi connectivity index (χ1v) is 11.4. The van der Waals surface area contributed by atoms with Crippen molar-refractivity contribution in [3.8, 4) is 5.69 Å². The molecule has 3 rings (SSSR count). The Bertz CT molecular complexity index is 993. The van der Waals surface area contributed by atoms with Crippen molar-refractivity contribution in [1.82, 2.24) is 14.9 Å². The summed E-state index contributed by atoms with van der Waals surface area (Å²) in [5.41, 5.74) is 5.29. The Kier molecular flexibility index (Phi) is 7.33. The fraction of sp³-hybridized carbons (Fsp3) is 0.542. The largest absolute Gasteiger partial charge is 0.388 e. The molecule has 1 saturated carbocycles. The molecule has 0 saturated heterocycles. The van der Waals surface area contributed by atoms with E-state index in [0.717, 1.165) is 31.2 Å². The first-order chi connectivity index (χ1) is 15.2. The van der Waals surface area contributed by atoms with E-state index in [0.29, 0.717) is 31.0 Å². The van der Waals surface area contributed by atoms with Gasteiger partial charge in [-0.3, -0.25) is 14.2 Å². The zero-order valence-corrected chi connectivity index (χ0v) is 19.1. The molecule has 1 aliphatic carbocycles. The number of hydrogen-bond donors (Lipinski definition) is 3. The minimum absolute atomic E-state index is 0.0607. The van der Waals surface area contributed by atoms with Gasteiger partial charge in [-0.25, -0.2) is 9.37 Å². The van der Waals surface area contributed by atoms with Crippen LogP contribution in [-0.2, 0) is 12.8 Å². The van der Waals surface area contributed by atoms with Gasteiger partial charge in [0.2, 0.25) is 0 Å². The summed E-state index contributed by atoms with van der Waals surface area (Å²) in [6.45, 7) is 6.02. The number of nitrogens with zero attached hydrogens (tertiary/aromatic N) is 2. The lowest BCUT2D eigenvalue weighted by Crippen LogP contribution is -2.45. The summed E-state index contributed by atoms with van der Waals surface area (Å²) in [6, 6.07) is 4.81. The van der Waals surface area contributed by atoms with Crippen LogP contribution in [0.25, 0.3) is 5.69 Å². The average Bonchev–Trinajstić information content (AvgIpc) is 3.15. The molecule has 0 unspecified atom stereocenters. The number of primary amides is 1. The van der Waals surface area contributed by atoms with Crippen molar-refractivity contribution in [2.75, 3.05) is 6.54 Å². The Morgan fingerprint density at radius 3 is 2.56 bits per heavy atom. The molecule has 1 aromatic carbocycles. The lowest BCUT2D eigenvalue weighted by molar-refractivity contribution is -0.00543. The van der Waals surface area contributed by atoms with Crippen LogP contribution in [0.15, 0.2) is 18.2 Å². The van der Waals surface area contributed by atoms with Crippen LogP contribution in [0.2, 0.25) is 0 Å². The Labute approximate surface area is 188 Å². The van der Waals surface area contributed by atoms with Gasteiger partial charge in [0.05, 0.1) is 11.3 Å². The molecule has 1 aliphatic rings. The summed E-state index contributed by atoms with van der Waals surface area (Å²) in [6.07, 6.45) is 4.96. The molecular weight excluding hydrogens is 411 g/mol. The molecule has 0 bridgehead atoms. The van der Waals surface area contributed by atoms with E-state index in [1.807, 2.05) is 6.92 Å². The highest BCUT2D eigenvalue weighted by Gasteiger charge is 2.34. The van der Waals surface area contributed by atoms with Crippen molar-refractivity contribution in [1.29, 1.82) is 0 Å². The number of aryl methyl sites for hydroxylation is 2. The standard InChI is InChI=1S/C24H33FN4O3/c1-4-6-16-7-8-18(17(25)13-16)29-19(5-2)28-20(21(29)22(26)30)23(31)27-14-24(32)11-9-15(3)10-12-24/h7-8,13,15,32H,4-6,9-12,14H2,1-3H3,(H2,26,30)(H,27,31). The van der Waals surface area contributed by atoms with Crippen molar-refractivity contribution in [2.24, 2.45) is 11.7 Å². The predicted octanol–water partition coefficient (Wildman–Crippen LogP) is 3.30. The molecule has 8 heteroatoms. The molecule has 1 heterocycles. The Balaban J connectivity index is 1.93. The first-order valence-electron chi connectivity index (χ1n) is 11.4. The van der Waals surface area contributed by atoms with E-state index < -0.39 is 23.2 Å². The molecule has 1 fully saturated rings. The maximum Gasteiger partial charge on any atom is 0.272 e. The summed E-state index contributed by atoms with van der Waals surface area (Å²) in [5, 5.41) is 13.5. The number of carbonyl (C=O) groups is 2. The van der Waals surface area contributed by atoms with Gasteiger partial charge in [0.15, 0.2) is 5.69 Å². The maximum absolute atomic E-state index is 15.0. The molecule has 2 amide bonds. The molecule has 2 aromatic rings. The summed E-state index contributed by atoms with van der Waals surface area (Å²) < 4.78 is 16.3. The number of aliphatic hydroxyl groups is 1. The number of halogens is 1. The molecule has 4 N–H and O–H groups in total. The fourth-order valence-electron chi connectivity index (χ4n) is 4.33. The van der Waals surface area contributed by atoms with Gasteiger partial charge in [0.1, 0.15) is 17.3 Å². The quantitative estimate of drug-likeness (QED) is 0.580. The number of amides is 2. The van der Waals surface area contributed by atoms with Gasteiger partial charge in [0.25, 0.3) is 11.8 Å². The average molecular weight is 445 g/mol. The molecule has 0 atom stereocenters. The second kappa shape index (κ2) is 9.81. The normalized spacial score (nSPS) is 20.8. The number of carbonyl (C=O) groups excluding carboxylic acids is 2. The van der Waals surface area contributed by atoms with E-state index in [2.05, 4.69) is 17.2 Å². The Hall–Kier alpha value is -2.74. The second-order valence-electron chi connectivity index (χ2n) is 8.90. The summed E-state index contributed by atoms with van der Waals surface area (Å²) in [5.74, 6) is -1.08. The molecule has 1 aromatic heterocycles. The minimum Gasteiger partial charge on any atom is -0.388 e. The third-order valence-corrected chi connectivity index (χ3v) is 6.29. The van der Waals surface area contributed by atoms with Gasteiger partial charge < -0.3 is 16.2 Å². The van der Waals surface area contributed by atoms with Crippen LogP contribution >= 0.6 is 0 Å². The second-order valence-corrected chi connectivity index (χ2v) is 8.90. The number of aromatic nitrogens is 2. The highest BCUT2D eigenvalue weighted by atomic mass is 19.1. The van der Waals surface area contributed by atoms with E-state index in [9.17, 15) is 19.1 Å². The molecule has 7 nitrogen and oxygen atoms in total. The van der Waals surface area contributed by atoms with Gasteiger partial charge in [-0.1, -0.05) is 33.3 Å². The summed E-state index contributed by atoms with van der Waals surface area (Å²) in [4.78, 5) is 29.6. The summed E-state index contributed by atoms with van der Waals surface area (Å²) >= 11 is 0. The van der Waals surface area contributed by atoms with E-state index in [4.69, 9.17) is 5.73 Å². The lowest BCUT2D eigenvalue weighted by atomic mass is 9.79. The van der Waals surface area contributed by atoms with Crippen molar-refractivity contribution >= 4 is 11.8 Å². The van der Waals surface area contributed by atoms with Crippen LogP contribution in [0.3, 0.4) is 0 Å². The lowest BCUT2D eigenvalue weighted by Gasteiger charge is -2.34. The van der Waals surface area contributed by atoms with Crippen LogP contribution in [0, 0.1) is 11.7 Å². The van der Waals surface area contributed by atoms with Gasteiger partial charge in [-0.2, -0.15) is 0 Å². The van der Waals surface area contributed by atoms with Crippen LogP contribution in [0.4, 0.5) is 4.39 Å². The Morgan fingerprint density at radius 1 is 1.31 bits per heavy atom. The molecule has 0 spiro atoms. The smallest absolute Gasteiger partial charge is 0.272 e. The van der Waals surface area contributed by atoms with Gasteiger partial charge in [0, 0.05) is 13.0 Å². The van der Waals surface area contributed by atoms with E-state index in [1.54, 1.807) is 19.1 Å². The van der Waals surface area contributed by atoms with Gasteiger partial charge in [-0.15, -0.1) is 0 Å². The van der Waals surface area contributed by atoms with Crippen molar-refractivity contribution in [3.63, 3.8) is 0 Å². The monoisotopic (exact) mass is 444 g/mol. The Morgan fingerprint density at radius 2 is 2.00 bits per heavy atom. The first kappa shape index (κ1) is 23.9. The third-order valence-electron chi connectivity index (χ3n) is 6.29. The zero-order valence-electron chi connectivity index (χ0n) is 19.1. The van der Waals surface area contributed by atoms with Gasteiger partial charge in [-0.05, 0) is 55.7 Å². The van der Waals surface area contributed by atoms with E-state index >= 15 is 0 Å². The molecule has 0 radical (unpaired) electrons. The predicted molar refractivity (Wildman–Crippen MR) is 120 cm³/mol. The SMILES string of the molecule is CCCc1ccc(-n2c(CC)nc(C(=O)NCC3(O)CCC(C)CC3)c2C(N)=O)c(F)c1. The third kappa shape index (κ3) is 5.01. The molecular formula is C24H33FN4O3. The van der Waals surface area contributed by atoms with Crippen molar-refractivity contribution in [2.45, 2.75) is 71.3 Å². The molecule has 174 valence electrons. The minimum atomic E-state index is -0.980. The number of hydrogen-bond acceptors (Lipinski definition) is 4. The maximum atomic E-state index is 15.0. The van der Waals surface area contributed by atoms with Crippen molar-refractivity contribution < 1.29 is 19.1 Å². The topological polar surface area (TPSA) is 110 Å². The zero-order chi connectivity index (χ0) is 23.5. The number of benzene rings is 1. The number of imidazole rings is 1. The highest BCUT2D eigenvalue weighted by Crippen LogP contribution is 2.31. The summed E-state index contributed by atoms with van der Waals surface area (Å²) in [7, 11) is 0. The number of nitrogens with two attached hydrogens (primary N) is 1. The van der Waals surface area contributed by atoms with E-state index in [-0.39, 0.29) is 23.6 Å². The van der Waals surface area contributed by atoms with Crippen molar-refractivity contribution in [3.05, 3.63) is 46.8 Å². The highest BCUT2D eigenvalue weighted by molar-refractivity contribution is 6.05. The number of rotatable bonds is 8.